The summed E-state index contributed by atoms with van der Waals surface area (Å²) in [7, 11) is 0. The molecular formula is C10H13BrFNO. The van der Waals surface area contributed by atoms with Crippen molar-refractivity contribution in [2.75, 3.05) is 12.3 Å². The fraction of sp³-hybridized carbons (Fsp3) is 0.400. The van der Waals surface area contributed by atoms with E-state index in [0.717, 1.165) is 12.8 Å². The van der Waals surface area contributed by atoms with Crippen LogP contribution in [0.3, 0.4) is 0 Å². The zero-order valence-corrected chi connectivity index (χ0v) is 9.60. The van der Waals surface area contributed by atoms with Crippen molar-refractivity contribution >= 4 is 21.6 Å². The van der Waals surface area contributed by atoms with Gasteiger partial charge in [-0.25, -0.2) is 4.39 Å². The molecule has 0 aliphatic heterocycles. The van der Waals surface area contributed by atoms with Crippen LogP contribution < -0.4 is 10.5 Å². The van der Waals surface area contributed by atoms with Gasteiger partial charge in [-0.2, -0.15) is 0 Å². The molecule has 2 N–H and O–H groups in total. The summed E-state index contributed by atoms with van der Waals surface area (Å²) in [5.41, 5.74) is 5.94. The third-order valence-electron chi connectivity index (χ3n) is 1.78. The SMILES string of the molecule is CCCCOc1c(N)cc(F)cc1Br. The normalized spacial score (nSPS) is 10.2. The highest BCUT2D eigenvalue weighted by Gasteiger charge is 2.07. The summed E-state index contributed by atoms with van der Waals surface area (Å²) < 4.78 is 18.8. The highest BCUT2D eigenvalue weighted by Crippen LogP contribution is 2.32. The molecule has 0 radical (unpaired) electrons. The van der Waals surface area contributed by atoms with Gasteiger partial charge >= 0.3 is 0 Å². The van der Waals surface area contributed by atoms with Gasteiger partial charge in [-0.05, 0) is 28.4 Å². The van der Waals surface area contributed by atoms with Gasteiger partial charge in [0.05, 0.1) is 16.8 Å². The largest absolute Gasteiger partial charge is 0.490 e. The molecule has 4 heteroatoms. The molecular weight excluding hydrogens is 249 g/mol. The lowest BCUT2D eigenvalue weighted by atomic mass is 10.3. The molecule has 0 aliphatic carbocycles. The Labute approximate surface area is 91.4 Å². The van der Waals surface area contributed by atoms with Crippen molar-refractivity contribution in [1.29, 1.82) is 0 Å². The number of nitrogen functional groups attached to an aromatic ring is 1. The first-order valence-corrected chi connectivity index (χ1v) is 5.31. The average molecular weight is 262 g/mol. The van der Waals surface area contributed by atoms with Crippen LogP contribution in [0.2, 0.25) is 0 Å². The topological polar surface area (TPSA) is 35.2 Å². The molecule has 2 nitrogen and oxygen atoms in total. The van der Waals surface area contributed by atoms with Crippen LogP contribution in [-0.4, -0.2) is 6.61 Å². The monoisotopic (exact) mass is 261 g/mol. The van der Waals surface area contributed by atoms with Gasteiger partial charge in [-0.1, -0.05) is 13.3 Å². The molecule has 0 spiro atoms. The first-order valence-electron chi connectivity index (χ1n) is 4.52. The number of halogens is 2. The Morgan fingerprint density at radius 2 is 2.21 bits per heavy atom. The summed E-state index contributed by atoms with van der Waals surface area (Å²) in [4.78, 5) is 0. The van der Waals surface area contributed by atoms with E-state index in [4.69, 9.17) is 10.5 Å². The van der Waals surface area contributed by atoms with E-state index in [1.165, 1.54) is 12.1 Å². The Morgan fingerprint density at radius 3 is 2.79 bits per heavy atom. The van der Waals surface area contributed by atoms with Crippen molar-refractivity contribution in [3.8, 4) is 5.75 Å². The summed E-state index contributed by atoms with van der Waals surface area (Å²) in [5, 5.41) is 0. The molecule has 1 aromatic rings. The molecule has 78 valence electrons. The quantitative estimate of drug-likeness (QED) is 0.667. The lowest BCUT2D eigenvalue weighted by molar-refractivity contribution is 0.308. The van der Waals surface area contributed by atoms with E-state index in [-0.39, 0.29) is 5.82 Å². The second-order valence-corrected chi connectivity index (χ2v) is 3.86. The van der Waals surface area contributed by atoms with Crippen LogP contribution in [0.15, 0.2) is 16.6 Å². The van der Waals surface area contributed by atoms with Crippen LogP contribution >= 0.6 is 15.9 Å². The van der Waals surface area contributed by atoms with Gasteiger partial charge in [0.25, 0.3) is 0 Å². The Bertz CT molecular complexity index is 294. The maximum absolute atomic E-state index is 12.8. The number of ether oxygens (including phenoxy) is 1. The minimum Gasteiger partial charge on any atom is -0.490 e. The highest BCUT2D eigenvalue weighted by molar-refractivity contribution is 9.10. The van der Waals surface area contributed by atoms with Gasteiger partial charge in [0.2, 0.25) is 0 Å². The lowest BCUT2D eigenvalue weighted by Gasteiger charge is -2.10. The van der Waals surface area contributed by atoms with E-state index < -0.39 is 0 Å². The summed E-state index contributed by atoms with van der Waals surface area (Å²) in [6.07, 6.45) is 2.02. The van der Waals surface area contributed by atoms with E-state index >= 15 is 0 Å². The number of anilines is 1. The molecule has 0 atom stereocenters. The van der Waals surface area contributed by atoms with Gasteiger partial charge in [-0.3, -0.25) is 0 Å². The molecule has 1 aromatic carbocycles. The minimum absolute atomic E-state index is 0.327. The maximum atomic E-state index is 12.8. The standard InChI is InChI=1S/C10H13BrFNO/c1-2-3-4-14-10-8(11)5-7(12)6-9(10)13/h5-6H,2-4,13H2,1H3. The zero-order chi connectivity index (χ0) is 10.6. The number of nitrogens with two attached hydrogens (primary N) is 1. The predicted octanol–water partition coefficient (Wildman–Crippen LogP) is 3.35. The molecule has 0 saturated heterocycles. The third-order valence-corrected chi connectivity index (χ3v) is 2.37. The van der Waals surface area contributed by atoms with Gasteiger partial charge in [0.1, 0.15) is 5.82 Å². The molecule has 0 bridgehead atoms. The molecule has 14 heavy (non-hydrogen) atoms. The molecule has 0 aliphatic rings. The molecule has 0 heterocycles. The number of hydrogen-bond donors (Lipinski definition) is 1. The molecule has 0 fully saturated rings. The number of unbranched alkanes of at least 4 members (excludes halogenated alkanes) is 1. The number of hydrogen-bond acceptors (Lipinski definition) is 2. The van der Waals surface area contributed by atoms with E-state index in [2.05, 4.69) is 22.9 Å². The fourth-order valence-electron chi connectivity index (χ4n) is 1.05. The zero-order valence-electron chi connectivity index (χ0n) is 8.02. The van der Waals surface area contributed by atoms with Crippen molar-refractivity contribution in [1.82, 2.24) is 0 Å². The van der Waals surface area contributed by atoms with Crippen molar-refractivity contribution in [2.24, 2.45) is 0 Å². The van der Waals surface area contributed by atoms with E-state index in [1.54, 1.807) is 0 Å². The summed E-state index contributed by atoms with van der Waals surface area (Å²) in [6, 6.07) is 2.60. The summed E-state index contributed by atoms with van der Waals surface area (Å²) >= 11 is 3.21. The Kier molecular flexibility index (Phi) is 4.20. The highest BCUT2D eigenvalue weighted by atomic mass is 79.9. The number of benzene rings is 1. The van der Waals surface area contributed by atoms with Crippen LogP contribution in [0.25, 0.3) is 0 Å². The average Bonchev–Trinajstić information content (AvgIpc) is 2.09. The minimum atomic E-state index is -0.364. The van der Waals surface area contributed by atoms with Gasteiger partial charge in [0, 0.05) is 6.07 Å². The predicted molar refractivity (Wildman–Crippen MR) is 58.9 cm³/mol. The van der Waals surface area contributed by atoms with Crippen LogP contribution in [0, 0.1) is 5.82 Å². The Hall–Kier alpha value is -0.770. The van der Waals surface area contributed by atoms with Crippen LogP contribution in [0.5, 0.6) is 5.75 Å². The van der Waals surface area contributed by atoms with Crippen molar-refractivity contribution in [3.63, 3.8) is 0 Å². The fourth-order valence-corrected chi connectivity index (χ4v) is 1.61. The van der Waals surface area contributed by atoms with Crippen LogP contribution in [0.4, 0.5) is 10.1 Å². The van der Waals surface area contributed by atoms with Crippen LogP contribution in [0.1, 0.15) is 19.8 Å². The van der Waals surface area contributed by atoms with Crippen molar-refractivity contribution in [2.45, 2.75) is 19.8 Å². The third kappa shape index (κ3) is 2.87. The summed E-state index contributed by atoms with van der Waals surface area (Å²) in [6.45, 7) is 2.68. The molecule has 0 aromatic heterocycles. The summed E-state index contributed by atoms with van der Waals surface area (Å²) in [5.74, 6) is 0.164. The van der Waals surface area contributed by atoms with E-state index in [9.17, 15) is 4.39 Å². The Balaban J connectivity index is 2.75. The van der Waals surface area contributed by atoms with Gasteiger partial charge < -0.3 is 10.5 Å². The molecule has 0 saturated carbocycles. The number of rotatable bonds is 4. The Morgan fingerprint density at radius 1 is 1.50 bits per heavy atom. The molecule has 1 rings (SSSR count). The second-order valence-electron chi connectivity index (χ2n) is 3.01. The first kappa shape index (κ1) is 11.3. The lowest BCUT2D eigenvalue weighted by Crippen LogP contribution is -2.01. The first-order chi connectivity index (χ1) is 6.65. The molecule has 0 unspecified atom stereocenters. The van der Waals surface area contributed by atoms with Gasteiger partial charge in [-0.15, -0.1) is 0 Å². The van der Waals surface area contributed by atoms with E-state index in [1.807, 2.05) is 0 Å². The second kappa shape index (κ2) is 5.20. The van der Waals surface area contributed by atoms with Crippen molar-refractivity contribution < 1.29 is 9.13 Å². The molecule has 0 amide bonds. The van der Waals surface area contributed by atoms with Crippen LogP contribution in [-0.2, 0) is 0 Å². The smallest absolute Gasteiger partial charge is 0.156 e. The van der Waals surface area contributed by atoms with Gasteiger partial charge in [0.15, 0.2) is 5.75 Å². The van der Waals surface area contributed by atoms with Crippen molar-refractivity contribution in [3.05, 3.63) is 22.4 Å². The van der Waals surface area contributed by atoms with E-state index in [0.29, 0.717) is 22.5 Å². The maximum Gasteiger partial charge on any atom is 0.156 e.